The maximum absolute atomic E-state index is 13.1. The number of benzene rings is 2. The minimum Gasteiger partial charge on any atom is -0.489 e. The van der Waals surface area contributed by atoms with Crippen molar-refractivity contribution in [1.82, 2.24) is 0 Å². The summed E-state index contributed by atoms with van der Waals surface area (Å²) in [5.74, 6) is -0.949. The van der Waals surface area contributed by atoms with Crippen molar-refractivity contribution in [3.63, 3.8) is 0 Å². The Balaban J connectivity index is 1.73. The molecule has 0 atom stereocenters. The van der Waals surface area contributed by atoms with Crippen LogP contribution < -0.4 is 4.74 Å². The number of aryl methyl sites for hydroxylation is 1. The summed E-state index contributed by atoms with van der Waals surface area (Å²) >= 11 is 0. The van der Waals surface area contributed by atoms with Gasteiger partial charge in [-0.3, -0.25) is 4.79 Å². The largest absolute Gasteiger partial charge is 0.489 e. The molecular weight excluding hydrogens is 274 g/mol. The van der Waals surface area contributed by atoms with Gasteiger partial charge in [0.15, 0.2) is 17.4 Å². The first kappa shape index (κ1) is 13.7. The second-order valence-electron chi connectivity index (χ2n) is 5.13. The lowest BCUT2D eigenvalue weighted by molar-refractivity contribution is 0.0972. The van der Waals surface area contributed by atoms with Crippen LogP contribution in [0.25, 0.3) is 0 Å². The third-order valence-electron chi connectivity index (χ3n) is 3.62. The summed E-state index contributed by atoms with van der Waals surface area (Å²) in [4.78, 5) is 11.7. The summed E-state index contributed by atoms with van der Waals surface area (Å²) in [6, 6.07) is 9.06. The van der Waals surface area contributed by atoms with Gasteiger partial charge in [0.1, 0.15) is 12.4 Å². The summed E-state index contributed by atoms with van der Waals surface area (Å²) in [5.41, 5.74) is 2.32. The van der Waals surface area contributed by atoms with E-state index in [0.717, 1.165) is 36.1 Å². The lowest BCUT2D eigenvalue weighted by atomic mass is 9.90. The molecule has 4 heteroatoms. The molecule has 0 heterocycles. The quantitative estimate of drug-likeness (QED) is 0.851. The Hall–Kier alpha value is -2.23. The van der Waals surface area contributed by atoms with E-state index < -0.39 is 11.6 Å². The number of fused-ring (bicyclic) bond motifs is 1. The SMILES string of the molecule is O=C1CCCc2cc(OCc3ccc(F)c(F)c3)ccc21. The molecule has 0 saturated carbocycles. The molecule has 2 nitrogen and oxygen atoms in total. The van der Waals surface area contributed by atoms with Gasteiger partial charge >= 0.3 is 0 Å². The minimum atomic E-state index is -0.882. The second kappa shape index (κ2) is 5.64. The number of halogens is 2. The van der Waals surface area contributed by atoms with Crippen molar-refractivity contribution >= 4 is 5.78 Å². The Bertz CT molecular complexity index is 695. The summed E-state index contributed by atoms with van der Waals surface area (Å²) in [6.07, 6.45) is 2.32. The predicted octanol–water partition coefficient (Wildman–Crippen LogP) is 4.06. The van der Waals surface area contributed by atoms with E-state index in [4.69, 9.17) is 4.74 Å². The lowest BCUT2D eigenvalue weighted by Gasteiger charge is -2.16. The molecule has 0 amide bonds. The number of ketones is 1. The van der Waals surface area contributed by atoms with Crippen molar-refractivity contribution in [2.75, 3.05) is 0 Å². The smallest absolute Gasteiger partial charge is 0.163 e. The number of hydrogen-bond donors (Lipinski definition) is 0. The molecule has 0 bridgehead atoms. The van der Waals surface area contributed by atoms with Gasteiger partial charge in [-0.15, -0.1) is 0 Å². The molecule has 1 aliphatic carbocycles. The molecule has 2 aromatic rings. The Morgan fingerprint density at radius 3 is 2.67 bits per heavy atom. The molecule has 3 rings (SSSR count). The van der Waals surface area contributed by atoms with Gasteiger partial charge in [0.05, 0.1) is 0 Å². The van der Waals surface area contributed by atoms with Crippen LogP contribution in [0.2, 0.25) is 0 Å². The maximum atomic E-state index is 13.1. The zero-order valence-electron chi connectivity index (χ0n) is 11.4. The summed E-state index contributed by atoms with van der Waals surface area (Å²) < 4.78 is 31.5. The fraction of sp³-hybridized carbons (Fsp3) is 0.235. The Morgan fingerprint density at radius 2 is 1.86 bits per heavy atom. The topological polar surface area (TPSA) is 26.3 Å². The van der Waals surface area contributed by atoms with Crippen LogP contribution in [-0.2, 0) is 13.0 Å². The predicted molar refractivity (Wildman–Crippen MR) is 74.4 cm³/mol. The Kier molecular flexibility index (Phi) is 3.69. The third kappa shape index (κ3) is 2.94. The van der Waals surface area contributed by atoms with Gasteiger partial charge in [-0.05, 0) is 54.3 Å². The van der Waals surface area contributed by atoms with E-state index in [1.165, 1.54) is 6.07 Å². The van der Waals surface area contributed by atoms with Crippen molar-refractivity contribution in [2.24, 2.45) is 0 Å². The monoisotopic (exact) mass is 288 g/mol. The molecule has 0 aliphatic heterocycles. The number of carbonyl (C=O) groups is 1. The highest BCUT2D eigenvalue weighted by atomic mass is 19.2. The molecule has 108 valence electrons. The zero-order chi connectivity index (χ0) is 14.8. The molecule has 0 unspecified atom stereocenters. The molecule has 0 aromatic heterocycles. The lowest BCUT2D eigenvalue weighted by Crippen LogP contribution is -2.10. The van der Waals surface area contributed by atoms with Gasteiger partial charge < -0.3 is 4.74 Å². The van der Waals surface area contributed by atoms with E-state index >= 15 is 0 Å². The highest BCUT2D eigenvalue weighted by Crippen LogP contribution is 2.26. The molecule has 0 radical (unpaired) electrons. The summed E-state index contributed by atoms with van der Waals surface area (Å²) in [6.45, 7) is 0.157. The molecule has 0 N–H and O–H groups in total. The molecule has 2 aromatic carbocycles. The first-order chi connectivity index (χ1) is 10.1. The van der Waals surface area contributed by atoms with Gasteiger partial charge in [-0.2, -0.15) is 0 Å². The van der Waals surface area contributed by atoms with Crippen molar-refractivity contribution in [1.29, 1.82) is 0 Å². The van der Waals surface area contributed by atoms with Gasteiger partial charge in [0, 0.05) is 12.0 Å². The molecule has 1 aliphatic rings. The fourth-order valence-corrected chi connectivity index (χ4v) is 2.51. The number of Topliss-reactive ketones (excluding diaryl/α,β-unsaturated/α-hetero) is 1. The van der Waals surface area contributed by atoms with Crippen molar-refractivity contribution in [2.45, 2.75) is 25.9 Å². The second-order valence-corrected chi connectivity index (χ2v) is 5.13. The molecule has 21 heavy (non-hydrogen) atoms. The molecule has 0 spiro atoms. The average molecular weight is 288 g/mol. The van der Waals surface area contributed by atoms with Crippen LogP contribution in [0.1, 0.15) is 34.3 Å². The van der Waals surface area contributed by atoms with Gasteiger partial charge in [-0.25, -0.2) is 8.78 Å². The van der Waals surface area contributed by atoms with Crippen LogP contribution in [0.3, 0.4) is 0 Å². The highest BCUT2D eigenvalue weighted by Gasteiger charge is 2.17. The van der Waals surface area contributed by atoms with Crippen LogP contribution >= 0.6 is 0 Å². The number of ether oxygens (including phenoxy) is 1. The van der Waals surface area contributed by atoms with Gasteiger partial charge in [0.2, 0.25) is 0 Å². The number of carbonyl (C=O) groups excluding carboxylic acids is 1. The van der Waals surface area contributed by atoms with E-state index in [-0.39, 0.29) is 12.4 Å². The normalized spacial score (nSPS) is 13.9. The fourth-order valence-electron chi connectivity index (χ4n) is 2.51. The zero-order valence-corrected chi connectivity index (χ0v) is 11.4. The van der Waals surface area contributed by atoms with Crippen LogP contribution in [0.5, 0.6) is 5.75 Å². The minimum absolute atomic E-state index is 0.157. The van der Waals surface area contributed by atoms with Crippen LogP contribution in [-0.4, -0.2) is 5.78 Å². The van der Waals surface area contributed by atoms with E-state index in [0.29, 0.717) is 17.7 Å². The summed E-state index contributed by atoms with van der Waals surface area (Å²) in [5, 5.41) is 0. The van der Waals surface area contributed by atoms with Crippen LogP contribution in [0, 0.1) is 11.6 Å². The van der Waals surface area contributed by atoms with Crippen LogP contribution in [0.15, 0.2) is 36.4 Å². The third-order valence-corrected chi connectivity index (χ3v) is 3.62. The van der Waals surface area contributed by atoms with Crippen molar-refractivity contribution < 1.29 is 18.3 Å². The van der Waals surface area contributed by atoms with Gasteiger partial charge in [-0.1, -0.05) is 6.07 Å². The average Bonchev–Trinajstić information content (AvgIpc) is 2.49. The van der Waals surface area contributed by atoms with Crippen molar-refractivity contribution in [3.05, 3.63) is 64.7 Å². The van der Waals surface area contributed by atoms with E-state index in [9.17, 15) is 13.6 Å². The maximum Gasteiger partial charge on any atom is 0.163 e. The summed E-state index contributed by atoms with van der Waals surface area (Å²) in [7, 11) is 0. The van der Waals surface area contributed by atoms with E-state index in [1.54, 1.807) is 12.1 Å². The van der Waals surface area contributed by atoms with Crippen LogP contribution in [0.4, 0.5) is 8.78 Å². The van der Waals surface area contributed by atoms with E-state index in [1.807, 2.05) is 6.07 Å². The van der Waals surface area contributed by atoms with Crippen molar-refractivity contribution in [3.8, 4) is 5.75 Å². The Labute approximate surface area is 121 Å². The van der Waals surface area contributed by atoms with Gasteiger partial charge in [0.25, 0.3) is 0 Å². The standard InChI is InChI=1S/C17H14F2O2/c18-15-7-4-11(8-16(15)19)10-21-13-5-6-14-12(9-13)2-1-3-17(14)20/h4-9H,1-3,10H2. The first-order valence-electron chi connectivity index (χ1n) is 6.86. The number of hydrogen-bond acceptors (Lipinski definition) is 2. The molecule has 0 fully saturated rings. The number of rotatable bonds is 3. The first-order valence-corrected chi connectivity index (χ1v) is 6.86. The van der Waals surface area contributed by atoms with E-state index in [2.05, 4.69) is 0 Å². The Morgan fingerprint density at radius 1 is 1.00 bits per heavy atom. The molecule has 0 saturated heterocycles. The highest BCUT2D eigenvalue weighted by molar-refractivity contribution is 5.98. The molecular formula is C17H14F2O2.